The van der Waals surface area contributed by atoms with Crippen LogP contribution >= 0.6 is 12.2 Å². The molecule has 2 aromatic carbocycles. The van der Waals surface area contributed by atoms with E-state index in [9.17, 15) is 13.6 Å². The number of aromatic amines is 1. The van der Waals surface area contributed by atoms with E-state index in [1.54, 1.807) is 11.5 Å². The number of halogens is 2. The van der Waals surface area contributed by atoms with Crippen molar-refractivity contribution >= 4 is 18.1 Å². The van der Waals surface area contributed by atoms with Crippen molar-refractivity contribution in [1.82, 2.24) is 20.1 Å². The summed E-state index contributed by atoms with van der Waals surface area (Å²) < 4.78 is 28.8. The van der Waals surface area contributed by atoms with Crippen LogP contribution in [0.3, 0.4) is 0 Å². The van der Waals surface area contributed by atoms with Gasteiger partial charge in [-0.1, -0.05) is 35.9 Å². The van der Waals surface area contributed by atoms with Crippen LogP contribution < -0.4 is 5.32 Å². The molecule has 0 bridgehead atoms. The second-order valence-corrected chi connectivity index (χ2v) is 6.65. The molecule has 0 saturated heterocycles. The van der Waals surface area contributed by atoms with Crippen LogP contribution in [0.2, 0.25) is 0 Å². The number of H-pyrrole nitrogens is 1. The molecule has 0 spiro atoms. The summed E-state index contributed by atoms with van der Waals surface area (Å²) in [5.74, 6) is -1.20. The van der Waals surface area contributed by atoms with Gasteiger partial charge in [-0.25, -0.2) is 8.78 Å². The number of nitrogens with one attached hydrogen (secondary N) is 2. The zero-order chi connectivity index (χ0) is 19.6. The quantitative estimate of drug-likeness (QED) is 0.648. The number of carbonyl (C=O) groups excluding carboxylic acids is 1. The summed E-state index contributed by atoms with van der Waals surface area (Å²) in [5, 5.41) is 9.58. The molecule has 8 heteroatoms. The molecule has 3 rings (SSSR count). The highest BCUT2D eigenvalue weighted by Gasteiger charge is 2.17. The third-order valence-corrected chi connectivity index (χ3v) is 4.49. The minimum Gasteiger partial charge on any atom is -0.348 e. The zero-order valence-corrected chi connectivity index (χ0v) is 15.6. The maximum atomic E-state index is 13.9. The van der Waals surface area contributed by atoms with Crippen molar-refractivity contribution in [3.8, 4) is 11.4 Å². The van der Waals surface area contributed by atoms with Crippen LogP contribution in [0.4, 0.5) is 8.78 Å². The van der Waals surface area contributed by atoms with E-state index < -0.39 is 17.7 Å². The first-order valence-electron chi connectivity index (χ1n) is 8.31. The third-order valence-electron chi connectivity index (χ3n) is 4.18. The smallest absolute Gasteiger partial charge is 0.240 e. The Morgan fingerprint density at radius 3 is 2.63 bits per heavy atom. The molecule has 0 saturated carbocycles. The van der Waals surface area contributed by atoms with Crippen molar-refractivity contribution < 1.29 is 13.6 Å². The van der Waals surface area contributed by atoms with Crippen molar-refractivity contribution in [2.45, 2.75) is 26.4 Å². The molecule has 0 aliphatic carbocycles. The second-order valence-electron chi connectivity index (χ2n) is 6.26. The van der Waals surface area contributed by atoms with Crippen LogP contribution in [0.15, 0.2) is 42.5 Å². The average molecular weight is 388 g/mol. The topological polar surface area (TPSA) is 62.7 Å². The van der Waals surface area contributed by atoms with Crippen LogP contribution in [0.1, 0.15) is 24.1 Å². The molecule has 0 aliphatic heterocycles. The van der Waals surface area contributed by atoms with Crippen molar-refractivity contribution in [1.29, 1.82) is 0 Å². The molecular formula is C19H18F2N4OS. The van der Waals surface area contributed by atoms with Crippen molar-refractivity contribution in [3.63, 3.8) is 0 Å². The molecule has 140 valence electrons. The van der Waals surface area contributed by atoms with Gasteiger partial charge in [0.05, 0.1) is 6.04 Å². The highest BCUT2D eigenvalue weighted by atomic mass is 32.1. The summed E-state index contributed by atoms with van der Waals surface area (Å²) in [6.07, 6.45) is 0. The van der Waals surface area contributed by atoms with Gasteiger partial charge in [0.1, 0.15) is 18.2 Å². The van der Waals surface area contributed by atoms with E-state index >= 15 is 0 Å². The maximum Gasteiger partial charge on any atom is 0.240 e. The van der Waals surface area contributed by atoms with Crippen LogP contribution in [-0.4, -0.2) is 20.7 Å². The monoisotopic (exact) mass is 388 g/mol. The van der Waals surface area contributed by atoms with Crippen molar-refractivity contribution in [2.24, 2.45) is 0 Å². The summed E-state index contributed by atoms with van der Waals surface area (Å²) >= 11 is 5.22. The summed E-state index contributed by atoms with van der Waals surface area (Å²) in [6.45, 7) is 3.53. The van der Waals surface area contributed by atoms with Gasteiger partial charge in [0.25, 0.3) is 0 Å². The van der Waals surface area contributed by atoms with Crippen LogP contribution in [-0.2, 0) is 11.3 Å². The summed E-state index contributed by atoms with van der Waals surface area (Å²) in [4.78, 5) is 12.4. The number of carbonyl (C=O) groups is 1. The standard InChI is InChI=1S/C19H18F2N4OS/c1-11-3-5-13(6-4-11)18-23-24-19(27)25(18)10-17(26)22-12(2)15-8-7-14(20)9-16(15)21/h3-9,12H,10H2,1-2H3,(H,22,26)(H,24,27). The maximum absolute atomic E-state index is 13.9. The van der Waals surface area contributed by atoms with E-state index in [-0.39, 0.29) is 18.0 Å². The van der Waals surface area contributed by atoms with E-state index in [1.165, 1.54) is 6.07 Å². The van der Waals surface area contributed by atoms with E-state index in [4.69, 9.17) is 12.2 Å². The number of rotatable bonds is 5. The number of benzene rings is 2. The number of hydrogen-bond acceptors (Lipinski definition) is 3. The number of nitrogens with zero attached hydrogens (tertiary/aromatic N) is 2. The molecule has 0 aliphatic rings. The first kappa shape index (κ1) is 18.9. The Labute approximate surface area is 160 Å². The largest absolute Gasteiger partial charge is 0.348 e. The highest BCUT2D eigenvalue weighted by Crippen LogP contribution is 2.19. The number of hydrogen-bond donors (Lipinski definition) is 2. The average Bonchev–Trinajstić information content (AvgIpc) is 2.96. The lowest BCUT2D eigenvalue weighted by molar-refractivity contribution is -0.122. The van der Waals surface area contributed by atoms with Gasteiger partial charge < -0.3 is 5.32 Å². The Morgan fingerprint density at radius 2 is 1.96 bits per heavy atom. The minimum atomic E-state index is -0.705. The Hall–Kier alpha value is -2.87. The van der Waals surface area contributed by atoms with Gasteiger partial charge in [-0.2, -0.15) is 5.10 Å². The van der Waals surface area contributed by atoms with Crippen LogP contribution in [0.25, 0.3) is 11.4 Å². The Kier molecular flexibility index (Phi) is 5.46. The summed E-state index contributed by atoms with van der Waals surface area (Å²) in [7, 11) is 0. The fourth-order valence-electron chi connectivity index (χ4n) is 2.75. The zero-order valence-electron chi connectivity index (χ0n) is 14.8. The molecule has 5 nitrogen and oxygen atoms in total. The molecule has 3 aromatic rings. The third kappa shape index (κ3) is 4.28. The fraction of sp³-hybridized carbons (Fsp3) is 0.211. The lowest BCUT2D eigenvalue weighted by atomic mass is 10.1. The second kappa shape index (κ2) is 7.79. The Balaban J connectivity index is 1.77. The predicted molar refractivity (Wildman–Crippen MR) is 101 cm³/mol. The SMILES string of the molecule is Cc1ccc(-c2n[nH]c(=S)n2CC(=O)NC(C)c2ccc(F)cc2F)cc1. The predicted octanol–water partition coefficient (Wildman–Crippen LogP) is 4.07. The molecule has 27 heavy (non-hydrogen) atoms. The molecule has 1 heterocycles. The first-order valence-corrected chi connectivity index (χ1v) is 8.72. The fourth-order valence-corrected chi connectivity index (χ4v) is 2.95. The van der Waals surface area contributed by atoms with Gasteiger partial charge in [0, 0.05) is 17.2 Å². The molecule has 1 amide bonds. The number of aromatic nitrogens is 3. The summed E-state index contributed by atoms with van der Waals surface area (Å²) in [6, 6.07) is 10.3. The van der Waals surface area contributed by atoms with Gasteiger partial charge >= 0.3 is 0 Å². The van der Waals surface area contributed by atoms with Gasteiger partial charge in [-0.05, 0) is 32.1 Å². The normalized spacial score (nSPS) is 12.0. The van der Waals surface area contributed by atoms with Crippen LogP contribution in [0.5, 0.6) is 0 Å². The minimum absolute atomic E-state index is 0.0777. The number of amides is 1. The van der Waals surface area contributed by atoms with E-state index in [0.29, 0.717) is 10.6 Å². The molecule has 0 fully saturated rings. The molecule has 1 aromatic heterocycles. The lowest BCUT2D eigenvalue weighted by Gasteiger charge is -2.16. The molecule has 0 radical (unpaired) electrons. The summed E-state index contributed by atoms with van der Waals surface area (Å²) in [5.41, 5.74) is 2.13. The number of aryl methyl sites for hydroxylation is 1. The van der Waals surface area contributed by atoms with E-state index in [1.807, 2.05) is 31.2 Å². The molecule has 2 N–H and O–H groups in total. The first-order chi connectivity index (χ1) is 12.8. The molecular weight excluding hydrogens is 370 g/mol. The van der Waals surface area contributed by atoms with Crippen LogP contribution in [0, 0.1) is 23.3 Å². The Bertz CT molecular complexity index is 1030. The van der Waals surface area contributed by atoms with E-state index in [2.05, 4.69) is 15.5 Å². The van der Waals surface area contributed by atoms with Crippen molar-refractivity contribution in [3.05, 3.63) is 70.0 Å². The molecule has 1 atom stereocenters. The molecule has 1 unspecified atom stereocenters. The van der Waals surface area contributed by atoms with E-state index in [0.717, 1.165) is 23.3 Å². The lowest BCUT2D eigenvalue weighted by Crippen LogP contribution is -2.30. The van der Waals surface area contributed by atoms with Gasteiger partial charge in [-0.3, -0.25) is 14.5 Å². The van der Waals surface area contributed by atoms with Gasteiger partial charge in [0.2, 0.25) is 5.91 Å². The highest BCUT2D eigenvalue weighted by molar-refractivity contribution is 7.71. The Morgan fingerprint density at radius 1 is 1.26 bits per heavy atom. The van der Waals surface area contributed by atoms with Gasteiger partial charge in [0.15, 0.2) is 10.6 Å². The van der Waals surface area contributed by atoms with Crippen molar-refractivity contribution in [2.75, 3.05) is 0 Å². The van der Waals surface area contributed by atoms with Gasteiger partial charge in [-0.15, -0.1) is 0 Å².